The summed E-state index contributed by atoms with van der Waals surface area (Å²) in [6, 6.07) is 25.5. The smallest absolute Gasteiger partial charge is 0.0453 e. The van der Waals surface area contributed by atoms with E-state index in [1.165, 1.54) is 20.9 Å². The van der Waals surface area contributed by atoms with Crippen molar-refractivity contribution in [1.82, 2.24) is 9.97 Å². The van der Waals surface area contributed by atoms with Crippen LogP contribution in [0, 0.1) is 0 Å². The molecular weight excluding hydrogens is 300 g/mol. The van der Waals surface area contributed by atoms with E-state index in [0.29, 0.717) is 0 Å². The van der Waals surface area contributed by atoms with Gasteiger partial charge in [0.25, 0.3) is 0 Å². The largest absolute Gasteiger partial charge is 0.361 e. The number of aromatic amines is 2. The highest BCUT2D eigenvalue weighted by Gasteiger charge is 2.02. The molecule has 0 aliphatic heterocycles. The second-order valence-corrected chi connectivity index (χ2v) is 6.47. The van der Waals surface area contributed by atoms with E-state index in [0.717, 1.165) is 11.4 Å². The Morgan fingerprint density at radius 2 is 0.957 bits per heavy atom. The number of benzene rings is 2. The van der Waals surface area contributed by atoms with E-state index >= 15 is 0 Å². The molecule has 112 valence electrons. The zero-order chi connectivity index (χ0) is 15.5. The van der Waals surface area contributed by atoms with Crippen molar-refractivity contribution in [2.45, 2.75) is 9.79 Å². The molecule has 0 bridgehead atoms. The standard InChI is InChI=1S/C20H16N2S/c1-3-19(21-13-1)15-5-9-17(10-6-15)23-18-11-7-16(8-12-18)20-4-2-14-22-20/h1-14,21-22H. The molecule has 4 aromatic rings. The third-order valence-corrected chi connectivity index (χ3v) is 4.78. The molecule has 3 heteroatoms. The number of H-pyrrole nitrogens is 2. The van der Waals surface area contributed by atoms with Crippen LogP contribution in [0.1, 0.15) is 0 Å². The summed E-state index contributed by atoms with van der Waals surface area (Å²) in [7, 11) is 0. The zero-order valence-electron chi connectivity index (χ0n) is 12.5. The lowest BCUT2D eigenvalue weighted by molar-refractivity contribution is 1.36. The van der Waals surface area contributed by atoms with Crippen LogP contribution in [0.15, 0.2) is 95.0 Å². The number of hydrogen-bond donors (Lipinski definition) is 2. The highest BCUT2D eigenvalue weighted by Crippen LogP contribution is 2.30. The molecule has 2 aromatic carbocycles. The Balaban J connectivity index is 1.49. The predicted molar refractivity (Wildman–Crippen MR) is 96.6 cm³/mol. The molecule has 0 fully saturated rings. The third-order valence-electron chi connectivity index (χ3n) is 3.76. The van der Waals surface area contributed by atoms with Crippen LogP contribution in [-0.4, -0.2) is 9.97 Å². The van der Waals surface area contributed by atoms with Crippen LogP contribution in [-0.2, 0) is 0 Å². The van der Waals surface area contributed by atoms with Crippen LogP contribution in [0.4, 0.5) is 0 Å². The van der Waals surface area contributed by atoms with Crippen molar-refractivity contribution in [2.24, 2.45) is 0 Å². The molecule has 23 heavy (non-hydrogen) atoms. The van der Waals surface area contributed by atoms with Crippen molar-refractivity contribution >= 4 is 11.8 Å². The Hall–Kier alpha value is -2.65. The molecule has 0 amide bonds. The molecule has 0 radical (unpaired) electrons. The Morgan fingerprint density at radius 3 is 1.30 bits per heavy atom. The van der Waals surface area contributed by atoms with Gasteiger partial charge in [-0.05, 0) is 59.7 Å². The molecule has 0 saturated heterocycles. The van der Waals surface area contributed by atoms with Gasteiger partial charge in [0, 0.05) is 33.6 Å². The van der Waals surface area contributed by atoms with Crippen molar-refractivity contribution < 1.29 is 0 Å². The van der Waals surface area contributed by atoms with Gasteiger partial charge in [-0.1, -0.05) is 36.0 Å². The fraction of sp³-hybridized carbons (Fsp3) is 0. The van der Waals surface area contributed by atoms with Crippen molar-refractivity contribution in [3.8, 4) is 22.5 Å². The first-order valence-corrected chi connectivity index (χ1v) is 8.36. The van der Waals surface area contributed by atoms with Crippen LogP contribution in [0.25, 0.3) is 22.5 Å². The van der Waals surface area contributed by atoms with Gasteiger partial charge in [0.2, 0.25) is 0 Å². The summed E-state index contributed by atoms with van der Waals surface area (Å²) in [6.07, 6.45) is 3.90. The lowest BCUT2D eigenvalue weighted by Crippen LogP contribution is -1.79. The summed E-state index contributed by atoms with van der Waals surface area (Å²) in [5.41, 5.74) is 4.72. The summed E-state index contributed by atoms with van der Waals surface area (Å²) < 4.78 is 0. The van der Waals surface area contributed by atoms with E-state index in [1.54, 1.807) is 11.8 Å². The van der Waals surface area contributed by atoms with Crippen LogP contribution < -0.4 is 0 Å². The third kappa shape index (κ3) is 3.10. The summed E-state index contributed by atoms with van der Waals surface area (Å²) in [6.45, 7) is 0. The number of aromatic nitrogens is 2. The van der Waals surface area contributed by atoms with Crippen LogP contribution in [0.5, 0.6) is 0 Å². The highest BCUT2D eigenvalue weighted by atomic mass is 32.2. The normalized spacial score (nSPS) is 10.8. The maximum absolute atomic E-state index is 3.23. The van der Waals surface area contributed by atoms with E-state index in [1.807, 2.05) is 24.5 Å². The van der Waals surface area contributed by atoms with Gasteiger partial charge in [-0.15, -0.1) is 0 Å². The first-order valence-electron chi connectivity index (χ1n) is 7.54. The molecule has 0 aliphatic carbocycles. The Labute approximate surface area is 139 Å². The molecule has 0 aliphatic rings. The van der Waals surface area contributed by atoms with Crippen molar-refractivity contribution in [2.75, 3.05) is 0 Å². The van der Waals surface area contributed by atoms with Gasteiger partial charge < -0.3 is 9.97 Å². The highest BCUT2D eigenvalue weighted by molar-refractivity contribution is 7.99. The average Bonchev–Trinajstić information content (AvgIpc) is 3.30. The summed E-state index contributed by atoms with van der Waals surface area (Å²) in [4.78, 5) is 8.95. The minimum absolute atomic E-state index is 1.15. The molecule has 0 saturated carbocycles. The van der Waals surface area contributed by atoms with Crippen LogP contribution in [0.3, 0.4) is 0 Å². The summed E-state index contributed by atoms with van der Waals surface area (Å²) >= 11 is 1.78. The van der Waals surface area contributed by atoms with Gasteiger partial charge in [0.15, 0.2) is 0 Å². The van der Waals surface area contributed by atoms with Gasteiger partial charge in [-0.25, -0.2) is 0 Å². The van der Waals surface area contributed by atoms with E-state index in [9.17, 15) is 0 Å². The number of hydrogen-bond acceptors (Lipinski definition) is 1. The van der Waals surface area contributed by atoms with Crippen molar-refractivity contribution in [1.29, 1.82) is 0 Å². The fourth-order valence-corrected chi connectivity index (χ4v) is 3.38. The van der Waals surface area contributed by atoms with E-state index in [-0.39, 0.29) is 0 Å². The molecular formula is C20H16N2S. The molecule has 4 rings (SSSR count). The zero-order valence-corrected chi connectivity index (χ0v) is 13.3. The number of nitrogens with one attached hydrogen (secondary N) is 2. The molecule has 0 atom stereocenters. The van der Waals surface area contributed by atoms with Crippen LogP contribution in [0.2, 0.25) is 0 Å². The maximum Gasteiger partial charge on any atom is 0.0453 e. The fourth-order valence-electron chi connectivity index (χ4n) is 2.56. The van der Waals surface area contributed by atoms with Crippen molar-refractivity contribution in [3.05, 3.63) is 85.2 Å². The quantitative estimate of drug-likeness (QED) is 0.488. The molecule has 0 spiro atoms. The van der Waals surface area contributed by atoms with E-state index < -0.39 is 0 Å². The maximum atomic E-state index is 3.23. The average molecular weight is 316 g/mol. The molecule has 2 nitrogen and oxygen atoms in total. The minimum atomic E-state index is 1.15. The molecule has 2 heterocycles. The Morgan fingerprint density at radius 1 is 0.522 bits per heavy atom. The van der Waals surface area contributed by atoms with Crippen LogP contribution >= 0.6 is 11.8 Å². The second-order valence-electron chi connectivity index (χ2n) is 5.32. The second kappa shape index (κ2) is 6.23. The van der Waals surface area contributed by atoms with Gasteiger partial charge >= 0.3 is 0 Å². The lowest BCUT2D eigenvalue weighted by atomic mass is 10.2. The summed E-state index contributed by atoms with van der Waals surface area (Å²) in [5.74, 6) is 0. The van der Waals surface area contributed by atoms with Gasteiger partial charge in [0.1, 0.15) is 0 Å². The molecule has 2 aromatic heterocycles. The first kappa shape index (κ1) is 14.0. The molecule has 2 N–H and O–H groups in total. The first-order chi connectivity index (χ1) is 11.4. The summed E-state index contributed by atoms with van der Waals surface area (Å²) in [5, 5.41) is 0. The van der Waals surface area contributed by atoms with Gasteiger partial charge in [-0.2, -0.15) is 0 Å². The number of rotatable bonds is 4. The van der Waals surface area contributed by atoms with Crippen molar-refractivity contribution in [3.63, 3.8) is 0 Å². The van der Waals surface area contributed by atoms with E-state index in [4.69, 9.17) is 0 Å². The SMILES string of the molecule is c1c[nH]c(-c2ccc(Sc3ccc(-c4ccc[nH]4)cc3)cc2)c1. The monoisotopic (exact) mass is 316 g/mol. The van der Waals surface area contributed by atoms with Gasteiger partial charge in [0.05, 0.1) is 0 Å². The topological polar surface area (TPSA) is 31.6 Å². The van der Waals surface area contributed by atoms with E-state index in [2.05, 4.69) is 70.6 Å². The molecule has 0 unspecified atom stereocenters. The Kier molecular flexibility index (Phi) is 3.78. The minimum Gasteiger partial charge on any atom is -0.361 e. The Bertz CT molecular complexity index is 783. The van der Waals surface area contributed by atoms with Gasteiger partial charge in [-0.3, -0.25) is 0 Å². The predicted octanol–water partition coefficient (Wildman–Crippen LogP) is 5.83. The lowest BCUT2D eigenvalue weighted by Gasteiger charge is -2.05.